The second kappa shape index (κ2) is 13.4. The fraction of sp³-hybridized carbons (Fsp3) is 0.355. The van der Waals surface area contributed by atoms with Crippen LogP contribution >= 0.6 is 0 Å². The number of carbonyl (C=O) groups excluding carboxylic acids is 2. The SMILES string of the molecule is CCCNC(=O)[C@H](Cc1ccccc1)N(Cc1cccc(C)c1)C(=O)CN(c1cc(C)cc(C)c1)S(C)(=O)=O. The molecule has 0 aromatic heterocycles. The van der Waals surface area contributed by atoms with Crippen molar-refractivity contribution in [2.24, 2.45) is 0 Å². The van der Waals surface area contributed by atoms with Crippen LogP contribution in [0, 0.1) is 20.8 Å². The van der Waals surface area contributed by atoms with E-state index < -0.39 is 28.5 Å². The topological polar surface area (TPSA) is 86.8 Å². The van der Waals surface area contributed by atoms with Crippen LogP contribution in [0.2, 0.25) is 0 Å². The lowest BCUT2D eigenvalue weighted by atomic mass is 10.0. The summed E-state index contributed by atoms with van der Waals surface area (Å²) in [6.45, 7) is 7.94. The number of sulfonamides is 1. The molecule has 0 aliphatic carbocycles. The Bertz CT molecular complexity index is 1370. The molecule has 0 aliphatic rings. The summed E-state index contributed by atoms with van der Waals surface area (Å²) in [6.07, 6.45) is 2.15. The first kappa shape index (κ1) is 29.9. The maximum Gasteiger partial charge on any atom is 0.244 e. The average molecular weight is 550 g/mol. The van der Waals surface area contributed by atoms with Crippen LogP contribution in [0.3, 0.4) is 0 Å². The van der Waals surface area contributed by atoms with E-state index in [1.165, 1.54) is 4.90 Å². The molecule has 7 nitrogen and oxygen atoms in total. The summed E-state index contributed by atoms with van der Waals surface area (Å²) in [5.74, 6) is -0.715. The van der Waals surface area contributed by atoms with E-state index in [1.807, 2.05) is 88.4 Å². The third-order valence-electron chi connectivity index (χ3n) is 6.43. The van der Waals surface area contributed by atoms with Gasteiger partial charge in [0.2, 0.25) is 21.8 Å². The molecule has 0 saturated heterocycles. The highest BCUT2D eigenvalue weighted by atomic mass is 32.2. The average Bonchev–Trinajstić information content (AvgIpc) is 2.87. The number of benzene rings is 3. The molecule has 1 atom stereocenters. The minimum atomic E-state index is -3.79. The fourth-order valence-corrected chi connectivity index (χ4v) is 5.47. The van der Waals surface area contributed by atoms with E-state index in [9.17, 15) is 18.0 Å². The molecule has 0 unspecified atom stereocenters. The van der Waals surface area contributed by atoms with Crippen LogP contribution in [-0.2, 0) is 32.6 Å². The van der Waals surface area contributed by atoms with Gasteiger partial charge in [-0.1, -0.05) is 73.2 Å². The lowest BCUT2D eigenvalue weighted by molar-refractivity contribution is -0.140. The van der Waals surface area contributed by atoms with Crippen molar-refractivity contribution < 1.29 is 18.0 Å². The van der Waals surface area contributed by atoms with Crippen LogP contribution in [0.1, 0.15) is 41.2 Å². The molecule has 0 spiro atoms. The normalized spacial score (nSPS) is 12.0. The number of anilines is 1. The Morgan fingerprint density at radius 2 is 1.49 bits per heavy atom. The highest BCUT2D eigenvalue weighted by Crippen LogP contribution is 2.23. The Balaban J connectivity index is 2.06. The molecule has 208 valence electrons. The van der Waals surface area contributed by atoms with Crippen molar-refractivity contribution in [2.75, 3.05) is 23.7 Å². The van der Waals surface area contributed by atoms with Crippen LogP contribution in [-0.4, -0.2) is 50.5 Å². The zero-order valence-corrected chi connectivity index (χ0v) is 24.3. The first-order valence-corrected chi connectivity index (χ1v) is 15.1. The molecule has 3 rings (SSSR count). The molecule has 0 radical (unpaired) electrons. The molecule has 2 amide bonds. The van der Waals surface area contributed by atoms with Gasteiger partial charge in [-0.25, -0.2) is 8.42 Å². The van der Waals surface area contributed by atoms with Gasteiger partial charge < -0.3 is 10.2 Å². The van der Waals surface area contributed by atoms with Crippen molar-refractivity contribution in [3.63, 3.8) is 0 Å². The largest absolute Gasteiger partial charge is 0.354 e. The van der Waals surface area contributed by atoms with E-state index in [0.29, 0.717) is 18.7 Å². The molecule has 3 aromatic carbocycles. The number of nitrogens with zero attached hydrogens (tertiary/aromatic N) is 2. The first-order valence-electron chi connectivity index (χ1n) is 13.2. The maximum atomic E-state index is 14.1. The number of carbonyl (C=O) groups is 2. The highest BCUT2D eigenvalue weighted by Gasteiger charge is 2.33. The zero-order valence-electron chi connectivity index (χ0n) is 23.5. The number of nitrogens with one attached hydrogen (secondary N) is 1. The summed E-state index contributed by atoms with van der Waals surface area (Å²) in [7, 11) is -3.79. The second-order valence-corrected chi connectivity index (χ2v) is 12.0. The number of amides is 2. The molecule has 0 bridgehead atoms. The Morgan fingerprint density at radius 3 is 2.08 bits per heavy atom. The second-order valence-electron chi connectivity index (χ2n) is 10.1. The van der Waals surface area contributed by atoms with Crippen molar-refractivity contribution in [2.45, 2.75) is 53.1 Å². The highest BCUT2D eigenvalue weighted by molar-refractivity contribution is 7.92. The van der Waals surface area contributed by atoms with Gasteiger partial charge in [0, 0.05) is 19.5 Å². The van der Waals surface area contributed by atoms with Crippen molar-refractivity contribution in [3.05, 3.63) is 101 Å². The van der Waals surface area contributed by atoms with Crippen LogP contribution < -0.4 is 9.62 Å². The van der Waals surface area contributed by atoms with Gasteiger partial charge in [0.25, 0.3) is 0 Å². The monoisotopic (exact) mass is 549 g/mol. The van der Waals surface area contributed by atoms with Gasteiger partial charge in [-0.05, 0) is 61.6 Å². The summed E-state index contributed by atoms with van der Waals surface area (Å²) >= 11 is 0. The van der Waals surface area contributed by atoms with Gasteiger partial charge in [0.15, 0.2) is 0 Å². The summed E-state index contributed by atoms with van der Waals surface area (Å²) < 4.78 is 27.0. The van der Waals surface area contributed by atoms with E-state index in [0.717, 1.165) is 44.8 Å². The molecule has 0 saturated carbocycles. The van der Waals surface area contributed by atoms with E-state index in [1.54, 1.807) is 12.1 Å². The molecule has 3 aromatic rings. The van der Waals surface area contributed by atoms with Crippen LogP contribution in [0.15, 0.2) is 72.8 Å². The van der Waals surface area contributed by atoms with Gasteiger partial charge in [-0.15, -0.1) is 0 Å². The lowest BCUT2D eigenvalue weighted by Gasteiger charge is -2.33. The van der Waals surface area contributed by atoms with E-state index in [-0.39, 0.29) is 12.5 Å². The van der Waals surface area contributed by atoms with Crippen molar-refractivity contribution in [3.8, 4) is 0 Å². The van der Waals surface area contributed by atoms with Crippen LogP contribution in [0.5, 0.6) is 0 Å². The van der Waals surface area contributed by atoms with Crippen LogP contribution in [0.4, 0.5) is 5.69 Å². The number of aryl methyl sites for hydroxylation is 3. The Morgan fingerprint density at radius 1 is 0.846 bits per heavy atom. The Kier molecular flexibility index (Phi) is 10.3. The number of hydrogen-bond acceptors (Lipinski definition) is 4. The van der Waals surface area contributed by atoms with Gasteiger partial charge in [0.05, 0.1) is 11.9 Å². The third-order valence-corrected chi connectivity index (χ3v) is 7.57. The predicted molar refractivity (Wildman–Crippen MR) is 157 cm³/mol. The van der Waals surface area contributed by atoms with Crippen molar-refractivity contribution in [1.82, 2.24) is 10.2 Å². The van der Waals surface area contributed by atoms with E-state index in [2.05, 4.69) is 5.32 Å². The molecular formula is C31H39N3O4S. The molecule has 0 fully saturated rings. The number of hydrogen-bond donors (Lipinski definition) is 1. The first-order chi connectivity index (χ1) is 18.5. The zero-order chi connectivity index (χ0) is 28.6. The minimum Gasteiger partial charge on any atom is -0.354 e. The van der Waals surface area contributed by atoms with Gasteiger partial charge in [0.1, 0.15) is 12.6 Å². The van der Waals surface area contributed by atoms with Gasteiger partial charge in [-0.3, -0.25) is 13.9 Å². The Hall–Kier alpha value is -3.65. The van der Waals surface area contributed by atoms with Crippen LogP contribution in [0.25, 0.3) is 0 Å². The van der Waals surface area contributed by atoms with E-state index in [4.69, 9.17) is 0 Å². The third kappa shape index (κ3) is 8.68. The van der Waals surface area contributed by atoms with Gasteiger partial charge >= 0.3 is 0 Å². The smallest absolute Gasteiger partial charge is 0.244 e. The lowest BCUT2D eigenvalue weighted by Crippen LogP contribution is -2.53. The quantitative estimate of drug-likeness (QED) is 0.359. The molecule has 0 aliphatic heterocycles. The van der Waals surface area contributed by atoms with Crippen molar-refractivity contribution >= 4 is 27.5 Å². The Labute approximate surface area is 232 Å². The standard InChI is InChI=1S/C31H39N3O4S/c1-6-15-32-31(36)29(20-26-12-8-7-9-13-26)33(21-27-14-10-11-23(2)17-27)30(35)22-34(39(5,37)38)28-18-24(3)16-25(4)19-28/h7-14,16-19,29H,6,15,20-22H2,1-5H3,(H,32,36)/t29-/m0/s1. The predicted octanol–water partition coefficient (Wildman–Crippen LogP) is 4.54. The molecule has 0 heterocycles. The summed E-state index contributed by atoms with van der Waals surface area (Å²) in [5.41, 5.74) is 5.01. The minimum absolute atomic E-state index is 0.169. The summed E-state index contributed by atoms with van der Waals surface area (Å²) in [6, 6.07) is 21.9. The molecule has 39 heavy (non-hydrogen) atoms. The fourth-order valence-electron chi connectivity index (χ4n) is 4.64. The molecular weight excluding hydrogens is 510 g/mol. The summed E-state index contributed by atoms with van der Waals surface area (Å²) in [4.78, 5) is 29.1. The number of rotatable bonds is 12. The van der Waals surface area contributed by atoms with E-state index >= 15 is 0 Å². The van der Waals surface area contributed by atoms with Crippen molar-refractivity contribution in [1.29, 1.82) is 0 Å². The maximum absolute atomic E-state index is 14.1. The summed E-state index contributed by atoms with van der Waals surface area (Å²) in [5, 5.41) is 2.95. The molecule has 8 heteroatoms. The molecule has 1 N–H and O–H groups in total. The van der Waals surface area contributed by atoms with Gasteiger partial charge in [-0.2, -0.15) is 0 Å².